The summed E-state index contributed by atoms with van der Waals surface area (Å²) in [4.78, 5) is 0.896. The van der Waals surface area contributed by atoms with Gasteiger partial charge in [-0.15, -0.1) is 11.8 Å². The zero-order valence-electron chi connectivity index (χ0n) is 6.45. The molecule has 63 valence electrons. The predicted octanol–water partition coefficient (Wildman–Crippen LogP) is 1.97. The molecule has 0 unspecified atom stereocenters. The van der Waals surface area contributed by atoms with Gasteiger partial charge in [-0.2, -0.15) is 0 Å². The van der Waals surface area contributed by atoms with E-state index in [1.807, 2.05) is 6.26 Å². The van der Waals surface area contributed by atoms with Crippen LogP contribution in [-0.4, -0.2) is 19.0 Å². The summed E-state index contributed by atoms with van der Waals surface area (Å²) in [6, 6.07) is 5.20. The Hall–Kier alpha value is -0.315. The number of thioether (sulfide) groups is 1. The molecule has 1 radical (unpaired) electrons. The molecule has 0 aliphatic carbocycles. The highest BCUT2D eigenvalue weighted by Gasteiger charge is 2.03. The van der Waals surface area contributed by atoms with E-state index in [1.54, 1.807) is 18.2 Å². The molecule has 0 saturated carbocycles. The minimum atomic E-state index is 0.606. The van der Waals surface area contributed by atoms with Crippen molar-refractivity contribution in [1.29, 1.82) is 0 Å². The second-order valence-electron chi connectivity index (χ2n) is 2.02. The lowest BCUT2D eigenvalue weighted by molar-refractivity contribution is 0.447. The molecule has 0 aliphatic heterocycles. The van der Waals surface area contributed by atoms with Gasteiger partial charge in [-0.1, -0.05) is 11.6 Å². The van der Waals surface area contributed by atoms with Crippen molar-refractivity contribution in [2.24, 2.45) is 0 Å². The van der Waals surface area contributed by atoms with E-state index in [-0.39, 0.29) is 0 Å². The van der Waals surface area contributed by atoms with E-state index in [0.717, 1.165) is 4.90 Å². The second-order valence-corrected chi connectivity index (χ2v) is 3.30. The van der Waals surface area contributed by atoms with Gasteiger partial charge in [0.25, 0.3) is 0 Å². The molecule has 5 heteroatoms. The monoisotopic (exact) mass is 201 g/mol. The van der Waals surface area contributed by atoms with E-state index in [0.29, 0.717) is 18.5 Å². The van der Waals surface area contributed by atoms with Crippen molar-refractivity contribution in [2.75, 3.05) is 6.26 Å². The van der Waals surface area contributed by atoms with Crippen LogP contribution in [0.2, 0.25) is 5.02 Å². The largest absolute Gasteiger partial charge is 0.569 e. The van der Waals surface area contributed by atoms with Crippen molar-refractivity contribution in [1.82, 2.24) is 0 Å². The predicted molar refractivity (Wildman–Crippen MR) is 51.8 cm³/mol. The Balaban J connectivity index is 2.94. The molecule has 1 aromatic rings. The third kappa shape index (κ3) is 2.34. The first kappa shape index (κ1) is 9.77. The molecule has 2 nitrogen and oxygen atoms in total. The van der Waals surface area contributed by atoms with E-state index in [1.165, 1.54) is 11.8 Å². The van der Waals surface area contributed by atoms with Crippen LogP contribution in [-0.2, 0) is 0 Å². The lowest BCUT2D eigenvalue weighted by Crippen LogP contribution is -2.00. The topological polar surface area (TPSA) is 29.5 Å². The molecule has 1 aromatic carbocycles. The summed E-state index contributed by atoms with van der Waals surface area (Å²) in [5.41, 5.74) is 0. The summed E-state index contributed by atoms with van der Waals surface area (Å²) in [7, 11) is 0.656. The van der Waals surface area contributed by atoms with Crippen LogP contribution in [0.5, 0.6) is 5.75 Å². The van der Waals surface area contributed by atoms with Gasteiger partial charge in [0, 0.05) is 9.92 Å². The molecule has 0 amide bonds. The van der Waals surface area contributed by atoms with E-state index < -0.39 is 0 Å². The molecular formula is C7H7BClO2S. The van der Waals surface area contributed by atoms with E-state index in [9.17, 15) is 0 Å². The molecule has 1 rings (SSSR count). The van der Waals surface area contributed by atoms with Gasteiger partial charge < -0.3 is 9.68 Å². The third-order valence-electron chi connectivity index (χ3n) is 1.31. The highest BCUT2D eigenvalue weighted by molar-refractivity contribution is 7.98. The number of halogens is 1. The minimum absolute atomic E-state index is 0.606. The van der Waals surface area contributed by atoms with Crippen molar-refractivity contribution in [3.63, 3.8) is 0 Å². The molecule has 0 aromatic heterocycles. The Morgan fingerprint density at radius 3 is 2.92 bits per heavy atom. The SMILES string of the molecule is CSc1cc(Cl)ccc1O[B]O. The minimum Gasteiger partial charge on any atom is -0.537 e. The number of benzene rings is 1. The van der Waals surface area contributed by atoms with Gasteiger partial charge in [0.1, 0.15) is 5.75 Å². The standard InChI is InChI=1S/C7H7BClO2S/c1-12-7-4-5(9)2-3-6(7)11-8-10/h2-4,10H,1H3. The number of rotatable bonds is 3. The summed E-state index contributed by atoms with van der Waals surface area (Å²) in [6.45, 7) is 0. The molecule has 0 bridgehead atoms. The van der Waals surface area contributed by atoms with Crippen LogP contribution in [0.1, 0.15) is 0 Å². The van der Waals surface area contributed by atoms with Crippen molar-refractivity contribution >= 4 is 31.0 Å². The molecular weight excluding hydrogens is 194 g/mol. The van der Waals surface area contributed by atoms with E-state index >= 15 is 0 Å². The van der Waals surface area contributed by atoms with Crippen LogP contribution in [0.25, 0.3) is 0 Å². The Morgan fingerprint density at radius 2 is 2.33 bits per heavy atom. The Kier molecular flexibility index (Phi) is 3.78. The zero-order chi connectivity index (χ0) is 8.97. The van der Waals surface area contributed by atoms with Gasteiger partial charge in [0.15, 0.2) is 0 Å². The highest BCUT2D eigenvalue weighted by Crippen LogP contribution is 2.29. The molecule has 0 heterocycles. The molecule has 12 heavy (non-hydrogen) atoms. The summed E-state index contributed by atoms with van der Waals surface area (Å²) < 4.78 is 4.83. The maximum Gasteiger partial charge on any atom is 0.569 e. The fourth-order valence-corrected chi connectivity index (χ4v) is 1.59. The van der Waals surface area contributed by atoms with E-state index in [2.05, 4.69) is 0 Å². The van der Waals surface area contributed by atoms with Crippen molar-refractivity contribution in [3.05, 3.63) is 23.2 Å². The van der Waals surface area contributed by atoms with Crippen molar-refractivity contribution in [3.8, 4) is 5.75 Å². The van der Waals surface area contributed by atoms with Crippen molar-refractivity contribution in [2.45, 2.75) is 4.90 Å². The van der Waals surface area contributed by atoms with Crippen LogP contribution >= 0.6 is 23.4 Å². The number of hydrogen-bond acceptors (Lipinski definition) is 3. The smallest absolute Gasteiger partial charge is 0.537 e. The Bertz CT molecular complexity index is 270. The molecule has 0 aliphatic rings. The fraction of sp³-hybridized carbons (Fsp3) is 0.143. The van der Waals surface area contributed by atoms with Gasteiger partial charge >= 0.3 is 7.69 Å². The normalized spacial score (nSPS) is 9.58. The molecule has 0 fully saturated rings. The average Bonchev–Trinajstić information content (AvgIpc) is 2.08. The van der Waals surface area contributed by atoms with Crippen LogP contribution in [0, 0.1) is 0 Å². The first-order valence-electron chi connectivity index (χ1n) is 3.24. The summed E-state index contributed by atoms with van der Waals surface area (Å²) in [5.74, 6) is 0.606. The first-order chi connectivity index (χ1) is 5.77. The average molecular weight is 201 g/mol. The second kappa shape index (κ2) is 4.65. The van der Waals surface area contributed by atoms with Gasteiger partial charge in [0.05, 0.1) is 0 Å². The van der Waals surface area contributed by atoms with Crippen LogP contribution in [0.3, 0.4) is 0 Å². The maximum absolute atomic E-state index is 8.42. The molecule has 0 atom stereocenters. The highest BCUT2D eigenvalue weighted by atomic mass is 35.5. The van der Waals surface area contributed by atoms with E-state index in [4.69, 9.17) is 21.3 Å². The summed E-state index contributed by atoms with van der Waals surface area (Å²) in [5, 5.41) is 9.08. The van der Waals surface area contributed by atoms with Gasteiger partial charge in [0.2, 0.25) is 0 Å². The quantitative estimate of drug-likeness (QED) is 0.599. The number of hydrogen-bond donors (Lipinski definition) is 1. The zero-order valence-corrected chi connectivity index (χ0v) is 8.02. The molecule has 0 saturated heterocycles. The van der Waals surface area contributed by atoms with Crippen LogP contribution in [0.15, 0.2) is 23.1 Å². The first-order valence-corrected chi connectivity index (χ1v) is 4.84. The Labute approximate surface area is 81.2 Å². The van der Waals surface area contributed by atoms with Crippen molar-refractivity contribution < 1.29 is 9.68 Å². The lowest BCUT2D eigenvalue weighted by Gasteiger charge is -2.06. The fourth-order valence-electron chi connectivity index (χ4n) is 0.796. The van der Waals surface area contributed by atoms with Gasteiger partial charge in [-0.05, 0) is 24.5 Å². The summed E-state index contributed by atoms with van der Waals surface area (Å²) >= 11 is 7.26. The summed E-state index contributed by atoms with van der Waals surface area (Å²) in [6.07, 6.45) is 1.91. The lowest BCUT2D eigenvalue weighted by atomic mass is 10.3. The van der Waals surface area contributed by atoms with Crippen LogP contribution in [0.4, 0.5) is 0 Å². The Morgan fingerprint density at radius 1 is 1.58 bits per heavy atom. The maximum atomic E-state index is 8.42. The van der Waals surface area contributed by atoms with Gasteiger partial charge in [-0.25, -0.2) is 0 Å². The van der Waals surface area contributed by atoms with Gasteiger partial charge in [-0.3, -0.25) is 0 Å². The van der Waals surface area contributed by atoms with Crippen LogP contribution < -0.4 is 4.65 Å². The molecule has 1 N–H and O–H groups in total. The third-order valence-corrected chi connectivity index (χ3v) is 2.30. The molecule has 0 spiro atoms.